The number of carbonyl (C=O) groups excluding carboxylic acids is 1. The zero-order valence-corrected chi connectivity index (χ0v) is 10.5. The molecule has 0 spiro atoms. The normalized spacial score (nSPS) is 10.1. The molecule has 0 aliphatic heterocycles. The molecule has 5 heteroatoms. The average molecular weight is 256 g/mol. The lowest BCUT2D eigenvalue weighted by Gasteiger charge is -2.08. The second-order valence-corrected chi connectivity index (χ2v) is 4.22. The summed E-state index contributed by atoms with van der Waals surface area (Å²) < 4.78 is 0. The maximum atomic E-state index is 11.7. The second kappa shape index (κ2) is 5.68. The number of aliphatic carboxylic acids is 1. The molecule has 0 radical (unpaired) electrons. The molecule has 0 fully saturated rings. The first kappa shape index (κ1) is 13.5. The molecule has 0 unspecified atom stereocenters. The van der Waals surface area contributed by atoms with E-state index in [0.717, 1.165) is 11.1 Å². The Morgan fingerprint density at radius 1 is 1.29 bits per heavy atom. The van der Waals surface area contributed by atoms with Gasteiger partial charge in [-0.15, -0.1) is 0 Å². The Morgan fingerprint density at radius 2 is 1.88 bits per heavy atom. The molecular formula is C12H14ClNO3. The fourth-order valence-corrected chi connectivity index (χ4v) is 1.64. The maximum absolute atomic E-state index is 11.7. The number of halogens is 1. The van der Waals surface area contributed by atoms with Gasteiger partial charge < -0.3 is 10.4 Å². The molecule has 0 bridgehead atoms. The first-order valence-corrected chi connectivity index (χ1v) is 5.56. The summed E-state index contributed by atoms with van der Waals surface area (Å²) in [6, 6.07) is 3.43. The van der Waals surface area contributed by atoms with E-state index < -0.39 is 5.97 Å². The summed E-state index contributed by atoms with van der Waals surface area (Å²) in [6.45, 7) is 3.89. The number of carboxylic acids is 1. The highest BCUT2D eigenvalue weighted by molar-refractivity contribution is 6.34. The van der Waals surface area contributed by atoms with Gasteiger partial charge in [-0.1, -0.05) is 11.6 Å². The van der Waals surface area contributed by atoms with Crippen molar-refractivity contribution in [2.24, 2.45) is 0 Å². The zero-order chi connectivity index (χ0) is 13.0. The summed E-state index contributed by atoms with van der Waals surface area (Å²) in [5.74, 6) is -1.30. The fraction of sp³-hybridized carbons (Fsp3) is 0.333. The number of hydrogen-bond donors (Lipinski definition) is 2. The number of carboxylic acid groups (broad SMARTS) is 1. The van der Waals surface area contributed by atoms with Crippen molar-refractivity contribution in [3.05, 3.63) is 33.8 Å². The highest BCUT2D eigenvalue weighted by Gasteiger charge is 2.11. The molecule has 1 aromatic carbocycles. The molecule has 0 aliphatic carbocycles. The van der Waals surface area contributed by atoms with Gasteiger partial charge in [-0.25, -0.2) is 0 Å². The van der Waals surface area contributed by atoms with Crippen LogP contribution in [0.2, 0.25) is 5.02 Å². The van der Waals surface area contributed by atoms with Crippen molar-refractivity contribution >= 4 is 23.5 Å². The van der Waals surface area contributed by atoms with Crippen LogP contribution in [0, 0.1) is 13.8 Å². The molecule has 0 aliphatic rings. The van der Waals surface area contributed by atoms with Crippen molar-refractivity contribution in [3.63, 3.8) is 0 Å². The van der Waals surface area contributed by atoms with Crippen LogP contribution in [-0.4, -0.2) is 23.5 Å². The third-order valence-electron chi connectivity index (χ3n) is 2.45. The van der Waals surface area contributed by atoms with Gasteiger partial charge in [0.05, 0.1) is 17.0 Å². The average Bonchev–Trinajstić information content (AvgIpc) is 2.22. The monoisotopic (exact) mass is 255 g/mol. The Balaban J connectivity index is 2.75. The third kappa shape index (κ3) is 3.75. The van der Waals surface area contributed by atoms with Crippen LogP contribution in [0.3, 0.4) is 0 Å². The lowest BCUT2D eigenvalue weighted by Crippen LogP contribution is -2.26. The fourth-order valence-electron chi connectivity index (χ4n) is 1.33. The lowest BCUT2D eigenvalue weighted by molar-refractivity contribution is -0.136. The second-order valence-electron chi connectivity index (χ2n) is 3.82. The van der Waals surface area contributed by atoms with Crippen LogP contribution in [0.5, 0.6) is 0 Å². The van der Waals surface area contributed by atoms with E-state index in [0.29, 0.717) is 10.6 Å². The van der Waals surface area contributed by atoms with E-state index >= 15 is 0 Å². The Bertz CT molecular complexity index is 457. The molecule has 0 saturated carbocycles. The number of benzene rings is 1. The minimum absolute atomic E-state index is 0.0947. The highest BCUT2D eigenvalue weighted by Crippen LogP contribution is 2.20. The van der Waals surface area contributed by atoms with Gasteiger partial charge in [-0.3, -0.25) is 9.59 Å². The molecule has 4 nitrogen and oxygen atoms in total. The quantitative estimate of drug-likeness (QED) is 0.866. The molecule has 1 rings (SSSR count). The number of carbonyl (C=O) groups is 2. The van der Waals surface area contributed by atoms with Gasteiger partial charge in [0.15, 0.2) is 0 Å². The van der Waals surface area contributed by atoms with Crippen LogP contribution in [-0.2, 0) is 4.79 Å². The summed E-state index contributed by atoms with van der Waals surface area (Å²) in [4.78, 5) is 22.0. The summed E-state index contributed by atoms with van der Waals surface area (Å²) in [5.41, 5.74) is 2.36. The Kier molecular flexibility index (Phi) is 4.52. The van der Waals surface area contributed by atoms with E-state index in [-0.39, 0.29) is 18.9 Å². The predicted octanol–water partition coefficient (Wildman–Crippen LogP) is 2.16. The van der Waals surface area contributed by atoms with Gasteiger partial charge in [0, 0.05) is 6.54 Å². The number of aryl methyl sites for hydroxylation is 2. The van der Waals surface area contributed by atoms with Crippen LogP contribution in [0.1, 0.15) is 27.9 Å². The summed E-state index contributed by atoms with van der Waals surface area (Å²) in [6.07, 6.45) is -0.103. The molecule has 2 N–H and O–H groups in total. The van der Waals surface area contributed by atoms with Gasteiger partial charge >= 0.3 is 5.97 Å². The van der Waals surface area contributed by atoms with Gasteiger partial charge in [0.2, 0.25) is 0 Å². The van der Waals surface area contributed by atoms with Crippen molar-refractivity contribution < 1.29 is 14.7 Å². The van der Waals surface area contributed by atoms with Crippen LogP contribution >= 0.6 is 11.6 Å². The van der Waals surface area contributed by atoms with Crippen molar-refractivity contribution in [2.75, 3.05) is 6.54 Å². The molecule has 0 saturated heterocycles. The van der Waals surface area contributed by atoms with Gasteiger partial charge in [0.25, 0.3) is 5.91 Å². The third-order valence-corrected chi connectivity index (χ3v) is 2.77. The summed E-state index contributed by atoms with van der Waals surface area (Å²) >= 11 is 5.96. The first-order valence-electron chi connectivity index (χ1n) is 5.18. The summed E-state index contributed by atoms with van der Waals surface area (Å²) in [7, 11) is 0. The van der Waals surface area contributed by atoms with E-state index in [1.54, 1.807) is 12.1 Å². The summed E-state index contributed by atoms with van der Waals surface area (Å²) in [5, 5.41) is 11.3. The molecule has 0 atom stereocenters. The zero-order valence-electron chi connectivity index (χ0n) is 9.71. The largest absolute Gasteiger partial charge is 0.481 e. The highest BCUT2D eigenvalue weighted by atomic mass is 35.5. The number of hydrogen-bond acceptors (Lipinski definition) is 2. The maximum Gasteiger partial charge on any atom is 0.305 e. The van der Waals surface area contributed by atoms with Gasteiger partial charge in [-0.05, 0) is 37.1 Å². The molecule has 1 amide bonds. The van der Waals surface area contributed by atoms with E-state index in [2.05, 4.69) is 5.32 Å². The molecule has 1 aromatic rings. The van der Waals surface area contributed by atoms with Crippen LogP contribution in [0.15, 0.2) is 12.1 Å². The van der Waals surface area contributed by atoms with E-state index in [1.165, 1.54) is 0 Å². The van der Waals surface area contributed by atoms with E-state index in [1.807, 2.05) is 13.8 Å². The molecule has 17 heavy (non-hydrogen) atoms. The smallest absolute Gasteiger partial charge is 0.305 e. The van der Waals surface area contributed by atoms with Crippen LogP contribution < -0.4 is 5.32 Å². The van der Waals surface area contributed by atoms with Crippen molar-refractivity contribution in [1.82, 2.24) is 5.32 Å². The minimum Gasteiger partial charge on any atom is -0.481 e. The molecule has 0 heterocycles. The van der Waals surface area contributed by atoms with Crippen LogP contribution in [0.25, 0.3) is 0 Å². The number of nitrogens with one attached hydrogen (secondary N) is 1. The van der Waals surface area contributed by atoms with E-state index in [4.69, 9.17) is 16.7 Å². The molecule has 92 valence electrons. The van der Waals surface area contributed by atoms with Crippen molar-refractivity contribution in [3.8, 4) is 0 Å². The molecular weight excluding hydrogens is 242 g/mol. The Labute approximate surface area is 105 Å². The minimum atomic E-state index is -0.948. The Hall–Kier alpha value is -1.55. The first-order chi connectivity index (χ1) is 7.91. The van der Waals surface area contributed by atoms with Gasteiger partial charge in [-0.2, -0.15) is 0 Å². The lowest BCUT2D eigenvalue weighted by atomic mass is 10.1. The molecule has 0 aromatic heterocycles. The van der Waals surface area contributed by atoms with Crippen molar-refractivity contribution in [2.45, 2.75) is 20.3 Å². The van der Waals surface area contributed by atoms with E-state index in [9.17, 15) is 9.59 Å². The predicted molar refractivity (Wildman–Crippen MR) is 65.5 cm³/mol. The number of amides is 1. The topological polar surface area (TPSA) is 66.4 Å². The SMILES string of the molecule is Cc1cc(Cl)c(C(=O)NCCC(=O)O)cc1C. The van der Waals surface area contributed by atoms with Gasteiger partial charge in [0.1, 0.15) is 0 Å². The Morgan fingerprint density at radius 3 is 2.47 bits per heavy atom. The van der Waals surface area contributed by atoms with Crippen molar-refractivity contribution in [1.29, 1.82) is 0 Å². The van der Waals surface area contributed by atoms with Crippen LogP contribution in [0.4, 0.5) is 0 Å². The standard InChI is InChI=1S/C12H14ClNO3/c1-7-5-9(10(13)6-8(7)2)12(17)14-4-3-11(15)16/h5-6H,3-4H2,1-2H3,(H,14,17)(H,15,16). The number of rotatable bonds is 4.